The number of nitro benzene ring substituents is 1. The maximum Gasteiger partial charge on any atom is 0.284 e. The highest BCUT2D eigenvalue weighted by atomic mass is 35.5. The number of nitrogens with zero attached hydrogens (tertiary/aromatic N) is 3. The number of fused-ring (bicyclic) bond motifs is 4. The van der Waals surface area contributed by atoms with Crippen LogP contribution in [0.5, 0.6) is 0 Å². The molecule has 6 aromatic rings. The van der Waals surface area contributed by atoms with Gasteiger partial charge in [-0.05, 0) is 73.7 Å². The van der Waals surface area contributed by atoms with Gasteiger partial charge in [-0.2, -0.15) is 0 Å². The standard InChI is InChI=1S/C31H22ClN5O4S3/c32-20-8-5-4-6-18(20)28(38)33-17-11-12-21-25(15-17)44-31(34-21)43-24-13-10-16(14-22(24)37(40)41)27-35-29(39)26-19-7-2-1-3-9-23(19)42-30(26)36-27/h4-6,8,10-15H,1-3,7,9H2,(H,33,38)(H,35,36,39). The fourth-order valence-electron chi connectivity index (χ4n) is 5.33. The Bertz CT molecular complexity index is 2170. The first-order valence-corrected chi connectivity index (χ1v) is 16.6. The Kier molecular flexibility index (Phi) is 7.67. The van der Waals surface area contributed by atoms with Crippen LogP contribution in [0.4, 0.5) is 11.4 Å². The lowest BCUT2D eigenvalue weighted by Crippen LogP contribution is -2.12. The summed E-state index contributed by atoms with van der Waals surface area (Å²) in [6, 6.07) is 17.0. The summed E-state index contributed by atoms with van der Waals surface area (Å²) in [6.45, 7) is 0. The van der Waals surface area contributed by atoms with Crippen molar-refractivity contribution in [2.24, 2.45) is 0 Å². The number of H-pyrrole nitrogens is 1. The topological polar surface area (TPSA) is 131 Å². The van der Waals surface area contributed by atoms with Crippen LogP contribution in [0.25, 0.3) is 31.8 Å². The number of aromatic nitrogens is 3. The highest BCUT2D eigenvalue weighted by Crippen LogP contribution is 2.41. The van der Waals surface area contributed by atoms with Crippen molar-refractivity contribution in [2.45, 2.75) is 41.3 Å². The molecule has 1 amide bonds. The maximum atomic E-state index is 13.1. The summed E-state index contributed by atoms with van der Waals surface area (Å²) < 4.78 is 1.42. The molecule has 3 aromatic heterocycles. The van der Waals surface area contributed by atoms with Crippen LogP contribution in [0, 0.1) is 10.1 Å². The van der Waals surface area contributed by atoms with Gasteiger partial charge in [-0.25, -0.2) is 9.97 Å². The van der Waals surface area contributed by atoms with Crippen LogP contribution >= 0.6 is 46.0 Å². The molecule has 3 aromatic carbocycles. The molecule has 0 spiro atoms. The van der Waals surface area contributed by atoms with E-state index in [9.17, 15) is 19.7 Å². The van der Waals surface area contributed by atoms with E-state index in [1.165, 1.54) is 34.0 Å². The first-order chi connectivity index (χ1) is 21.3. The van der Waals surface area contributed by atoms with Gasteiger partial charge in [-0.1, -0.05) is 41.9 Å². The van der Waals surface area contributed by atoms with Gasteiger partial charge < -0.3 is 10.3 Å². The Morgan fingerprint density at radius 2 is 1.86 bits per heavy atom. The molecule has 9 nitrogen and oxygen atoms in total. The smallest absolute Gasteiger partial charge is 0.284 e. The molecule has 0 unspecified atom stereocenters. The van der Waals surface area contributed by atoms with Gasteiger partial charge >= 0.3 is 0 Å². The number of halogens is 1. The van der Waals surface area contributed by atoms with Crippen LogP contribution in [0.1, 0.15) is 40.1 Å². The maximum absolute atomic E-state index is 13.1. The molecular weight excluding hydrogens is 638 g/mol. The van der Waals surface area contributed by atoms with E-state index in [4.69, 9.17) is 16.6 Å². The average molecular weight is 660 g/mol. The molecule has 0 fully saturated rings. The van der Waals surface area contributed by atoms with Crippen molar-refractivity contribution in [2.75, 3.05) is 5.32 Å². The van der Waals surface area contributed by atoms with E-state index >= 15 is 0 Å². The van der Waals surface area contributed by atoms with Crippen molar-refractivity contribution in [3.05, 3.63) is 102 Å². The zero-order valence-electron chi connectivity index (χ0n) is 22.9. The minimum Gasteiger partial charge on any atom is -0.322 e. The van der Waals surface area contributed by atoms with E-state index < -0.39 is 4.92 Å². The van der Waals surface area contributed by atoms with Crippen molar-refractivity contribution in [1.29, 1.82) is 0 Å². The van der Waals surface area contributed by atoms with Crippen LogP contribution in [0.2, 0.25) is 5.02 Å². The first kappa shape index (κ1) is 28.7. The third-order valence-electron chi connectivity index (χ3n) is 7.45. The Labute approximate surface area is 267 Å². The van der Waals surface area contributed by atoms with Crippen LogP contribution in [-0.2, 0) is 12.8 Å². The molecule has 1 aliphatic carbocycles. The highest BCUT2D eigenvalue weighted by Gasteiger charge is 2.22. The number of anilines is 1. The number of hydrogen-bond donors (Lipinski definition) is 2. The number of aromatic amines is 1. The van der Waals surface area contributed by atoms with Gasteiger partial charge in [0.15, 0.2) is 4.34 Å². The summed E-state index contributed by atoms with van der Waals surface area (Å²) in [7, 11) is 0. The molecular formula is C31H22ClN5O4S3. The first-order valence-electron chi connectivity index (χ1n) is 13.8. The van der Waals surface area contributed by atoms with Gasteiger partial charge in [0.2, 0.25) is 0 Å². The normalized spacial score (nSPS) is 13.1. The second-order valence-electron chi connectivity index (χ2n) is 10.3. The molecule has 0 saturated carbocycles. The van der Waals surface area contributed by atoms with Gasteiger partial charge in [-0.3, -0.25) is 19.7 Å². The molecule has 0 radical (unpaired) electrons. The van der Waals surface area contributed by atoms with Crippen LogP contribution in [0.3, 0.4) is 0 Å². The van der Waals surface area contributed by atoms with Crippen molar-refractivity contribution >= 4 is 83.8 Å². The van der Waals surface area contributed by atoms with Gasteiger partial charge in [0, 0.05) is 22.2 Å². The number of hydrogen-bond acceptors (Lipinski definition) is 9. The van der Waals surface area contributed by atoms with E-state index in [2.05, 4.69) is 15.3 Å². The van der Waals surface area contributed by atoms with E-state index in [1.807, 2.05) is 6.07 Å². The third-order valence-corrected chi connectivity index (χ3v) is 11.1. The number of carbonyl (C=O) groups excluding carboxylic acids is 1. The third kappa shape index (κ3) is 5.50. The van der Waals surface area contributed by atoms with Gasteiger partial charge in [0.1, 0.15) is 10.7 Å². The molecule has 0 bridgehead atoms. The van der Waals surface area contributed by atoms with Gasteiger partial charge in [0.05, 0.1) is 36.0 Å². The van der Waals surface area contributed by atoms with E-state index in [-0.39, 0.29) is 17.2 Å². The molecule has 2 N–H and O–H groups in total. The van der Waals surface area contributed by atoms with Crippen LogP contribution in [-0.4, -0.2) is 25.8 Å². The largest absolute Gasteiger partial charge is 0.322 e. The van der Waals surface area contributed by atoms with Crippen molar-refractivity contribution in [3.8, 4) is 11.4 Å². The molecule has 3 heterocycles. The van der Waals surface area contributed by atoms with E-state index in [1.54, 1.807) is 59.9 Å². The van der Waals surface area contributed by atoms with Crippen molar-refractivity contribution in [1.82, 2.24) is 15.0 Å². The number of nitrogens with one attached hydrogen (secondary N) is 2. The Morgan fingerprint density at radius 3 is 2.70 bits per heavy atom. The molecule has 1 aliphatic rings. The lowest BCUT2D eigenvalue weighted by atomic mass is 10.1. The summed E-state index contributed by atoms with van der Waals surface area (Å²) in [4.78, 5) is 52.1. The number of thiophene rings is 1. The number of nitro groups is 1. The minimum atomic E-state index is -0.439. The highest BCUT2D eigenvalue weighted by molar-refractivity contribution is 8.01. The van der Waals surface area contributed by atoms with Crippen molar-refractivity contribution in [3.63, 3.8) is 0 Å². The summed E-state index contributed by atoms with van der Waals surface area (Å²) >= 11 is 10.3. The second kappa shape index (κ2) is 11.8. The molecule has 0 atom stereocenters. The van der Waals surface area contributed by atoms with Gasteiger partial charge in [0.25, 0.3) is 17.2 Å². The van der Waals surface area contributed by atoms with Crippen LogP contribution in [0.15, 0.2) is 74.7 Å². The quantitative estimate of drug-likeness (QED) is 0.104. The minimum absolute atomic E-state index is 0.107. The predicted molar refractivity (Wildman–Crippen MR) is 177 cm³/mol. The SMILES string of the molecule is O=C(Nc1ccc2nc(Sc3ccc(-c4nc5sc6c(c5c(=O)[nH]4)CCCCC6)cc3[N+](=O)[O-])sc2c1)c1ccccc1Cl. The van der Waals surface area contributed by atoms with Gasteiger partial charge in [-0.15, -0.1) is 22.7 Å². The Hall–Kier alpha value is -4.10. The Morgan fingerprint density at radius 1 is 1.02 bits per heavy atom. The summed E-state index contributed by atoms with van der Waals surface area (Å²) in [6.07, 6.45) is 5.14. The number of carbonyl (C=O) groups is 1. The van der Waals surface area contributed by atoms with E-state index in [0.29, 0.717) is 52.6 Å². The summed E-state index contributed by atoms with van der Waals surface area (Å²) in [5.74, 6) is -0.0150. The molecule has 0 saturated heterocycles. The zero-order chi connectivity index (χ0) is 30.4. The summed E-state index contributed by atoms with van der Waals surface area (Å²) in [5, 5.41) is 16.0. The number of rotatable bonds is 6. The molecule has 7 rings (SSSR count). The number of amides is 1. The number of aryl methyl sites for hydroxylation is 2. The lowest BCUT2D eigenvalue weighted by Gasteiger charge is -2.06. The number of thiazole rings is 1. The van der Waals surface area contributed by atoms with Crippen LogP contribution < -0.4 is 10.9 Å². The fraction of sp³-hybridized carbons (Fsp3) is 0.161. The predicted octanol–water partition coefficient (Wildman–Crippen LogP) is 8.50. The Balaban J connectivity index is 1.16. The molecule has 220 valence electrons. The second-order valence-corrected chi connectivity index (χ2v) is 14.1. The summed E-state index contributed by atoms with van der Waals surface area (Å²) in [5.41, 5.74) is 2.91. The number of benzene rings is 3. The molecule has 13 heteroatoms. The molecule has 0 aliphatic heterocycles. The fourth-order valence-corrected chi connectivity index (χ4v) is 8.97. The van der Waals surface area contributed by atoms with E-state index in [0.717, 1.165) is 42.4 Å². The zero-order valence-corrected chi connectivity index (χ0v) is 26.1. The monoisotopic (exact) mass is 659 g/mol. The van der Waals surface area contributed by atoms with Crippen molar-refractivity contribution < 1.29 is 9.72 Å². The molecule has 44 heavy (non-hydrogen) atoms. The lowest BCUT2D eigenvalue weighted by molar-refractivity contribution is -0.387. The average Bonchev–Trinajstić information content (AvgIpc) is 3.49.